The van der Waals surface area contributed by atoms with Gasteiger partial charge in [0.25, 0.3) is 0 Å². The molecule has 108 valence electrons. The van der Waals surface area contributed by atoms with Gasteiger partial charge in [-0.1, -0.05) is 36.8 Å². The van der Waals surface area contributed by atoms with Crippen LogP contribution in [-0.4, -0.2) is 27.3 Å². The highest BCUT2D eigenvalue weighted by molar-refractivity contribution is 7.89. The van der Waals surface area contributed by atoms with Crippen molar-refractivity contribution >= 4 is 10.0 Å². The van der Waals surface area contributed by atoms with Gasteiger partial charge in [-0.2, -0.15) is 0 Å². The molecule has 1 aromatic rings. The molecule has 0 bridgehead atoms. The van der Waals surface area contributed by atoms with Gasteiger partial charge in [-0.3, -0.25) is 0 Å². The Morgan fingerprint density at radius 1 is 1.21 bits per heavy atom. The molecule has 0 heterocycles. The van der Waals surface area contributed by atoms with Crippen LogP contribution in [0.25, 0.3) is 0 Å². The summed E-state index contributed by atoms with van der Waals surface area (Å²) < 4.78 is 26.2. The smallest absolute Gasteiger partial charge is 0.211 e. The van der Waals surface area contributed by atoms with Gasteiger partial charge >= 0.3 is 0 Å². The van der Waals surface area contributed by atoms with Crippen LogP contribution < -0.4 is 10.0 Å². The van der Waals surface area contributed by atoms with Crippen molar-refractivity contribution in [1.29, 1.82) is 0 Å². The molecule has 0 saturated heterocycles. The molecule has 0 saturated carbocycles. The third-order valence-corrected chi connectivity index (χ3v) is 4.26. The van der Waals surface area contributed by atoms with Gasteiger partial charge in [-0.05, 0) is 38.4 Å². The normalized spacial score (nSPS) is 11.7. The van der Waals surface area contributed by atoms with E-state index in [1.807, 2.05) is 38.1 Å². The SMILES string of the molecule is CCNCCCCS(=O)(=O)NCc1cccc(C)c1. The van der Waals surface area contributed by atoms with Gasteiger partial charge in [-0.25, -0.2) is 13.1 Å². The zero-order chi connectivity index (χ0) is 14.1. The largest absolute Gasteiger partial charge is 0.317 e. The van der Waals surface area contributed by atoms with E-state index in [1.165, 1.54) is 0 Å². The summed E-state index contributed by atoms with van der Waals surface area (Å²) in [6.45, 7) is 6.22. The van der Waals surface area contributed by atoms with E-state index in [0.717, 1.165) is 30.6 Å². The molecular formula is C14H24N2O2S. The van der Waals surface area contributed by atoms with E-state index in [9.17, 15) is 8.42 Å². The summed E-state index contributed by atoms with van der Waals surface area (Å²) in [5.74, 6) is 0.199. The van der Waals surface area contributed by atoms with Crippen molar-refractivity contribution < 1.29 is 8.42 Å². The number of hydrogen-bond acceptors (Lipinski definition) is 3. The van der Waals surface area contributed by atoms with Crippen LogP contribution in [0.2, 0.25) is 0 Å². The highest BCUT2D eigenvalue weighted by Crippen LogP contribution is 2.04. The lowest BCUT2D eigenvalue weighted by Crippen LogP contribution is -2.26. The van der Waals surface area contributed by atoms with Crippen molar-refractivity contribution in [2.75, 3.05) is 18.8 Å². The van der Waals surface area contributed by atoms with Gasteiger partial charge in [0, 0.05) is 6.54 Å². The van der Waals surface area contributed by atoms with Crippen LogP contribution in [0.4, 0.5) is 0 Å². The Labute approximate surface area is 116 Å². The summed E-state index contributed by atoms with van der Waals surface area (Å²) in [7, 11) is -3.16. The van der Waals surface area contributed by atoms with Gasteiger partial charge in [0.1, 0.15) is 0 Å². The van der Waals surface area contributed by atoms with Crippen LogP contribution in [-0.2, 0) is 16.6 Å². The lowest BCUT2D eigenvalue weighted by molar-refractivity contribution is 0.574. The highest BCUT2D eigenvalue weighted by atomic mass is 32.2. The molecular weight excluding hydrogens is 260 g/mol. The molecule has 0 radical (unpaired) electrons. The second kappa shape index (κ2) is 8.30. The van der Waals surface area contributed by atoms with Crippen molar-refractivity contribution in [2.24, 2.45) is 0 Å². The molecule has 0 aliphatic rings. The van der Waals surface area contributed by atoms with E-state index in [4.69, 9.17) is 0 Å². The number of hydrogen-bond donors (Lipinski definition) is 2. The van der Waals surface area contributed by atoms with E-state index in [2.05, 4.69) is 10.0 Å². The summed E-state index contributed by atoms with van der Waals surface area (Å²) in [6.07, 6.45) is 1.58. The van der Waals surface area contributed by atoms with Crippen LogP contribution in [0.5, 0.6) is 0 Å². The average Bonchev–Trinajstić information content (AvgIpc) is 2.36. The maximum Gasteiger partial charge on any atom is 0.211 e. The predicted octanol–water partition coefficient (Wildman–Crippen LogP) is 1.80. The maximum atomic E-state index is 11.8. The predicted molar refractivity (Wildman–Crippen MR) is 79.6 cm³/mol. The number of benzene rings is 1. The first-order chi connectivity index (χ1) is 9.03. The zero-order valence-corrected chi connectivity index (χ0v) is 12.6. The van der Waals surface area contributed by atoms with Crippen LogP contribution in [0.15, 0.2) is 24.3 Å². The molecule has 0 fully saturated rings. The van der Waals surface area contributed by atoms with Crippen molar-refractivity contribution in [3.8, 4) is 0 Å². The molecule has 0 aliphatic carbocycles. The Bertz CT molecular complexity index is 472. The summed E-state index contributed by atoms with van der Waals surface area (Å²) in [4.78, 5) is 0. The fraction of sp³-hybridized carbons (Fsp3) is 0.571. The molecule has 4 nitrogen and oxygen atoms in total. The Morgan fingerprint density at radius 2 is 2.00 bits per heavy atom. The van der Waals surface area contributed by atoms with Crippen LogP contribution in [0.1, 0.15) is 30.9 Å². The Morgan fingerprint density at radius 3 is 2.68 bits per heavy atom. The molecule has 0 spiro atoms. The fourth-order valence-electron chi connectivity index (χ4n) is 1.81. The Hall–Kier alpha value is -0.910. The molecule has 1 rings (SSSR count). The van der Waals surface area contributed by atoms with Gasteiger partial charge < -0.3 is 5.32 Å². The standard InChI is InChI=1S/C14H24N2O2S/c1-3-15-9-4-5-10-19(17,18)16-12-14-8-6-7-13(2)11-14/h6-8,11,15-16H,3-5,9-10,12H2,1-2H3. The molecule has 0 unspecified atom stereocenters. The van der Waals surface area contributed by atoms with Crippen molar-refractivity contribution in [3.05, 3.63) is 35.4 Å². The summed E-state index contributed by atoms with van der Waals surface area (Å²) in [6, 6.07) is 7.86. The van der Waals surface area contributed by atoms with Crippen LogP contribution >= 0.6 is 0 Å². The topological polar surface area (TPSA) is 58.2 Å². The number of rotatable bonds is 9. The molecule has 2 N–H and O–H groups in total. The zero-order valence-electron chi connectivity index (χ0n) is 11.8. The molecule has 0 amide bonds. The summed E-state index contributed by atoms with van der Waals surface area (Å²) in [5, 5.41) is 3.18. The lowest BCUT2D eigenvalue weighted by atomic mass is 10.1. The monoisotopic (exact) mass is 284 g/mol. The minimum atomic E-state index is -3.16. The average molecular weight is 284 g/mol. The number of nitrogens with one attached hydrogen (secondary N) is 2. The van der Waals surface area contributed by atoms with E-state index >= 15 is 0 Å². The number of aryl methyl sites for hydroxylation is 1. The molecule has 0 aromatic heterocycles. The quantitative estimate of drug-likeness (QED) is 0.680. The van der Waals surface area contributed by atoms with Gasteiger partial charge in [0.05, 0.1) is 5.75 Å². The number of sulfonamides is 1. The Kier molecular flexibility index (Phi) is 7.05. The second-order valence-corrected chi connectivity index (χ2v) is 6.62. The third kappa shape index (κ3) is 7.30. The second-order valence-electron chi connectivity index (χ2n) is 4.69. The van der Waals surface area contributed by atoms with E-state index < -0.39 is 10.0 Å². The first-order valence-corrected chi connectivity index (χ1v) is 8.42. The first-order valence-electron chi connectivity index (χ1n) is 6.77. The van der Waals surface area contributed by atoms with Crippen molar-refractivity contribution in [3.63, 3.8) is 0 Å². The Balaban J connectivity index is 2.30. The van der Waals surface area contributed by atoms with E-state index in [1.54, 1.807) is 0 Å². The van der Waals surface area contributed by atoms with Gasteiger partial charge in [0.2, 0.25) is 10.0 Å². The third-order valence-electron chi connectivity index (χ3n) is 2.85. The summed E-state index contributed by atoms with van der Waals surface area (Å²) >= 11 is 0. The molecule has 0 atom stereocenters. The van der Waals surface area contributed by atoms with E-state index in [0.29, 0.717) is 13.0 Å². The molecule has 5 heteroatoms. The molecule has 19 heavy (non-hydrogen) atoms. The summed E-state index contributed by atoms with van der Waals surface area (Å²) in [5.41, 5.74) is 2.14. The van der Waals surface area contributed by atoms with E-state index in [-0.39, 0.29) is 5.75 Å². The van der Waals surface area contributed by atoms with Crippen LogP contribution in [0, 0.1) is 6.92 Å². The first kappa shape index (κ1) is 16.1. The van der Waals surface area contributed by atoms with Gasteiger partial charge in [0.15, 0.2) is 0 Å². The molecule has 0 aliphatic heterocycles. The minimum absolute atomic E-state index is 0.199. The molecule has 1 aromatic carbocycles. The van der Waals surface area contributed by atoms with Crippen LogP contribution in [0.3, 0.4) is 0 Å². The van der Waals surface area contributed by atoms with Crippen molar-refractivity contribution in [1.82, 2.24) is 10.0 Å². The minimum Gasteiger partial charge on any atom is -0.317 e. The fourth-order valence-corrected chi connectivity index (χ4v) is 2.92. The lowest BCUT2D eigenvalue weighted by Gasteiger charge is -2.07. The highest BCUT2D eigenvalue weighted by Gasteiger charge is 2.09. The maximum absolute atomic E-state index is 11.8. The van der Waals surface area contributed by atoms with Gasteiger partial charge in [-0.15, -0.1) is 0 Å². The van der Waals surface area contributed by atoms with Crippen molar-refractivity contribution in [2.45, 2.75) is 33.2 Å². The number of unbranched alkanes of at least 4 members (excludes halogenated alkanes) is 1.